The van der Waals surface area contributed by atoms with E-state index < -0.39 is 17.5 Å². The molecule has 0 amide bonds. The van der Waals surface area contributed by atoms with Crippen molar-refractivity contribution in [1.29, 1.82) is 0 Å². The molecule has 0 spiro atoms. The molecular weight excluding hydrogens is 165 g/mol. The maximum atomic E-state index is 13.2. The van der Waals surface area contributed by atoms with Crippen LogP contribution in [0.5, 0.6) is 0 Å². The van der Waals surface area contributed by atoms with Gasteiger partial charge in [-0.3, -0.25) is 0 Å². The van der Waals surface area contributed by atoms with Gasteiger partial charge in [-0.05, 0) is 19.8 Å². The summed E-state index contributed by atoms with van der Waals surface area (Å²) in [6.45, 7) is 5.69. The van der Waals surface area contributed by atoms with Gasteiger partial charge in [0.2, 0.25) is 0 Å². The van der Waals surface area contributed by atoms with Gasteiger partial charge in [0.05, 0.1) is 0 Å². The van der Waals surface area contributed by atoms with Crippen LogP contribution in [0.15, 0.2) is 0 Å². The van der Waals surface area contributed by atoms with E-state index in [1.165, 1.54) is 6.92 Å². The molecule has 0 nitrogen and oxygen atoms in total. The second-order valence-corrected chi connectivity index (χ2v) is 3.51. The Balaban J connectivity index is 4.70. The van der Waals surface area contributed by atoms with Crippen molar-refractivity contribution in [3.63, 3.8) is 0 Å². The lowest BCUT2D eigenvalue weighted by Gasteiger charge is -2.36. The molecule has 12 heavy (non-hydrogen) atoms. The van der Waals surface area contributed by atoms with Crippen molar-refractivity contribution in [3.05, 3.63) is 0 Å². The topological polar surface area (TPSA) is 0 Å². The molecule has 0 radical (unpaired) electrons. The molecule has 0 aliphatic heterocycles. The van der Waals surface area contributed by atoms with E-state index in [4.69, 9.17) is 0 Å². The molecule has 0 rings (SSSR count). The zero-order valence-electron chi connectivity index (χ0n) is 8.13. The molecule has 3 heteroatoms. The van der Waals surface area contributed by atoms with Gasteiger partial charge in [-0.1, -0.05) is 20.8 Å². The van der Waals surface area contributed by atoms with Gasteiger partial charge in [-0.15, -0.1) is 0 Å². The summed E-state index contributed by atoms with van der Waals surface area (Å²) in [4.78, 5) is 0. The minimum absolute atomic E-state index is 0.296. The molecule has 0 heterocycles. The van der Waals surface area contributed by atoms with Crippen LogP contribution in [0.25, 0.3) is 0 Å². The summed E-state index contributed by atoms with van der Waals surface area (Å²) in [5.41, 5.74) is -1.21. The molecule has 0 aliphatic carbocycles. The Kier molecular flexibility index (Phi) is 3.60. The third kappa shape index (κ3) is 1.75. The lowest BCUT2D eigenvalue weighted by molar-refractivity contribution is -0.161. The molecule has 0 saturated carbocycles. The first kappa shape index (κ1) is 11.8. The standard InChI is InChI=1S/C9H17F3/c1-5-8(4,6-2)9(11,12)7(3)10/h7H,5-6H2,1-4H3. The first-order valence-electron chi connectivity index (χ1n) is 4.33. The summed E-state index contributed by atoms with van der Waals surface area (Å²) in [5, 5.41) is 0. The molecule has 0 aromatic heterocycles. The van der Waals surface area contributed by atoms with Crippen molar-refractivity contribution < 1.29 is 13.2 Å². The summed E-state index contributed by atoms with van der Waals surface area (Å²) >= 11 is 0. The first-order chi connectivity index (χ1) is 5.31. The highest BCUT2D eigenvalue weighted by molar-refractivity contribution is 4.90. The van der Waals surface area contributed by atoms with Crippen molar-refractivity contribution in [2.45, 2.75) is 52.6 Å². The molecule has 0 aliphatic rings. The van der Waals surface area contributed by atoms with Crippen LogP contribution in [0, 0.1) is 5.41 Å². The van der Waals surface area contributed by atoms with E-state index >= 15 is 0 Å². The number of rotatable bonds is 4. The van der Waals surface area contributed by atoms with Crippen LogP contribution in [-0.2, 0) is 0 Å². The van der Waals surface area contributed by atoms with Gasteiger partial charge in [-0.25, -0.2) is 13.2 Å². The van der Waals surface area contributed by atoms with Crippen LogP contribution in [0.2, 0.25) is 0 Å². The van der Waals surface area contributed by atoms with E-state index in [-0.39, 0.29) is 0 Å². The van der Waals surface area contributed by atoms with Crippen molar-refractivity contribution in [2.24, 2.45) is 5.41 Å². The van der Waals surface area contributed by atoms with E-state index in [1.54, 1.807) is 13.8 Å². The Morgan fingerprint density at radius 1 is 1.17 bits per heavy atom. The van der Waals surface area contributed by atoms with Gasteiger partial charge < -0.3 is 0 Å². The Morgan fingerprint density at radius 3 is 1.58 bits per heavy atom. The minimum Gasteiger partial charge on any atom is -0.241 e. The third-order valence-corrected chi connectivity index (χ3v) is 2.86. The molecule has 0 N–H and O–H groups in total. The van der Waals surface area contributed by atoms with Crippen LogP contribution in [0.1, 0.15) is 40.5 Å². The van der Waals surface area contributed by atoms with Crippen LogP contribution in [0.3, 0.4) is 0 Å². The minimum atomic E-state index is -3.21. The second kappa shape index (κ2) is 3.67. The Bertz CT molecular complexity index is 134. The van der Waals surface area contributed by atoms with E-state index in [1.807, 2.05) is 0 Å². The zero-order valence-corrected chi connectivity index (χ0v) is 8.13. The zero-order chi connectivity index (χ0) is 9.99. The smallest absolute Gasteiger partial charge is 0.241 e. The maximum absolute atomic E-state index is 13.2. The first-order valence-corrected chi connectivity index (χ1v) is 4.33. The van der Waals surface area contributed by atoms with Gasteiger partial charge >= 0.3 is 0 Å². The third-order valence-electron chi connectivity index (χ3n) is 2.86. The van der Waals surface area contributed by atoms with E-state index in [2.05, 4.69) is 0 Å². The number of alkyl halides is 3. The molecule has 1 unspecified atom stereocenters. The van der Waals surface area contributed by atoms with Crippen LogP contribution in [-0.4, -0.2) is 12.1 Å². The van der Waals surface area contributed by atoms with Gasteiger partial charge in [0, 0.05) is 5.41 Å². The van der Waals surface area contributed by atoms with E-state index in [0.717, 1.165) is 6.92 Å². The quantitative estimate of drug-likeness (QED) is 0.620. The van der Waals surface area contributed by atoms with Crippen molar-refractivity contribution >= 4 is 0 Å². The SMILES string of the molecule is CCC(C)(CC)C(F)(F)C(C)F. The van der Waals surface area contributed by atoms with Gasteiger partial charge in [-0.2, -0.15) is 0 Å². The lowest BCUT2D eigenvalue weighted by atomic mass is 9.76. The molecule has 74 valence electrons. The monoisotopic (exact) mass is 182 g/mol. The van der Waals surface area contributed by atoms with Gasteiger partial charge in [0.15, 0.2) is 6.17 Å². The number of hydrogen-bond donors (Lipinski definition) is 0. The molecule has 0 aromatic rings. The summed E-state index contributed by atoms with van der Waals surface area (Å²) in [7, 11) is 0. The highest BCUT2D eigenvalue weighted by atomic mass is 19.3. The number of halogens is 3. The normalized spacial score (nSPS) is 16.2. The summed E-state index contributed by atoms with van der Waals surface area (Å²) in [6.07, 6.45) is -1.47. The van der Waals surface area contributed by atoms with Crippen molar-refractivity contribution in [1.82, 2.24) is 0 Å². The molecule has 0 bridgehead atoms. The molecule has 0 fully saturated rings. The van der Waals surface area contributed by atoms with Gasteiger partial charge in [0.1, 0.15) is 0 Å². The fraction of sp³-hybridized carbons (Fsp3) is 1.00. The van der Waals surface area contributed by atoms with E-state index in [0.29, 0.717) is 12.8 Å². The molecule has 0 saturated heterocycles. The van der Waals surface area contributed by atoms with Gasteiger partial charge in [0.25, 0.3) is 5.92 Å². The highest BCUT2D eigenvalue weighted by Gasteiger charge is 2.51. The van der Waals surface area contributed by atoms with Crippen molar-refractivity contribution in [2.75, 3.05) is 0 Å². The average molecular weight is 182 g/mol. The molecular formula is C9H17F3. The molecule has 0 aromatic carbocycles. The van der Waals surface area contributed by atoms with Crippen molar-refractivity contribution in [3.8, 4) is 0 Å². The molecule has 1 atom stereocenters. The summed E-state index contributed by atoms with van der Waals surface area (Å²) < 4.78 is 39.0. The fourth-order valence-corrected chi connectivity index (χ4v) is 1.20. The second-order valence-electron chi connectivity index (χ2n) is 3.51. The lowest BCUT2D eigenvalue weighted by Crippen LogP contribution is -2.44. The maximum Gasteiger partial charge on any atom is 0.283 e. The number of hydrogen-bond acceptors (Lipinski definition) is 0. The average Bonchev–Trinajstić information content (AvgIpc) is 2.02. The predicted molar refractivity (Wildman–Crippen MR) is 44.2 cm³/mol. The van der Waals surface area contributed by atoms with Crippen LogP contribution >= 0.6 is 0 Å². The summed E-state index contributed by atoms with van der Waals surface area (Å²) in [5.74, 6) is -3.21. The Morgan fingerprint density at radius 2 is 1.50 bits per heavy atom. The highest BCUT2D eigenvalue weighted by Crippen LogP contribution is 2.45. The Hall–Kier alpha value is -0.210. The largest absolute Gasteiger partial charge is 0.283 e. The fourth-order valence-electron chi connectivity index (χ4n) is 1.20. The van der Waals surface area contributed by atoms with Crippen LogP contribution < -0.4 is 0 Å². The van der Waals surface area contributed by atoms with E-state index in [9.17, 15) is 13.2 Å². The summed E-state index contributed by atoms with van der Waals surface area (Å²) in [6, 6.07) is 0. The van der Waals surface area contributed by atoms with Crippen LogP contribution in [0.4, 0.5) is 13.2 Å². The predicted octanol–water partition coefficient (Wildman–Crippen LogP) is 3.81. The Labute approximate surface area is 72.2 Å².